The van der Waals surface area contributed by atoms with E-state index in [0.29, 0.717) is 4.47 Å². The molecule has 0 aliphatic carbocycles. The van der Waals surface area contributed by atoms with Crippen molar-refractivity contribution in [2.45, 2.75) is 17.4 Å². The van der Waals surface area contributed by atoms with Crippen molar-refractivity contribution in [2.75, 3.05) is 11.5 Å². The van der Waals surface area contributed by atoms with Crippen LogP contribution in [0.2, 0.25) is 5.15 Å². The molecule has 1 aromatic rings. The van der Waals surface area contributed by atoms with Crippen LogP contribution in [0.3, 0.4) is 0 Å². The molecule has 0 spiro atoms. The molecule has 1 atom stereocenters. The summed E-state index contributed by atoms with van der Waals surface area (Å²) in [4.78, 5) is 3.83. The zero-order valence-electron chi connectivity index (χ0n) is 8.69. The molecule has 1 aliphatic rings. The van der Waals surface area contributed by atoms with Crippen LogP contribution < -0.4 is 4.72 Å². The first-order valence-electron chi connectivity index (χ1n) is 4.90. The average Bonchev–Trinajstić information content (AvgIpc) is 2.73. The van der Waals surface area contributed by atoms with Crippen LogP contribution in [0.5, 0.6) is 0 Å². The summed E-state index contributed by atoms with van der Waals surface area (Å²) in [5.74, 6) is 1.79. The maximum Gasteiger partial charge on any atom is 0.243 e. The van der Waals surface area contributed by atoms with Gasteiger partial charge in [-0.3, -0.25) is 0 Å². The van der Waals surface area contributed by atoms with Gasteiger partial charge in [-0.15, -0.1) is 0 Å². The van der Waals surface area contributed by atoms with E-state index in [9.17, 15) is 8.42 Å². The molecule has 0 amide bonds. The largest absolute Gasteiger partial charge is 0.243 e. The highest BCUT2D eigenvalue weighted by Crippen LogP contribution is 2.24. The molecule has 4 nitrogen and oxygen atoms in total. The Morgan fingerprint density at radius 2 is 2.35 bits per heavy atom. The van der Waals surface area contributed by atoms with Crippen molar-refractivity contribution < 1.29 is 8.42 Å². The fraction of sp³-hybridized carbons (Fsp3) is 0.444. The molecule has 0 aromatic carbocycles. The first kappa shape index (κ1) is 13.6. The fourth-order valence-electron chi connectivity index (χ4n) is 1.50. The van der Waals surface area contributed by atoms with Gasteiger partial charge in [-0.05, 0) is 34.2 Å². The first-order valence-corrected chi connectivity index (χ1v) is 8.71. The number of pyridine rings is 1. The zero-order valence-corrected chi connectivity index (χ0v) is 12.7. The molecule has 0 radical (unpaired) electrons. The molecule has 1 N–H and O–H groups in total. The van der Waals surface area contributed by atoms with Crippen LogP contribution in [-0.4, -0.2) is 30.9 Å². The van der Waals surface area contributed by atoms with Gasteiger partial charge in [0, 0.05) is 22.5 Å². The van der Waals surface area contributed by atoms with Crippen LogP contribution in [0.4, 0.5) is 0 Å². The van der Waals surface area contributed by atoms with Crippen molar-refractivity contribution in [2.24, 2.45) is 0 Å². The lowest BCUT2D eigenvalue weighted by atomic mass is 10.3. The Morgan fingerprint density at radius 1 is 1.59 bits per heavy atom. The Morgan fingerprint density at radius 3 is 3.00 bits per heavy atom. The smallest absolute Gasteiger partial charge is 0.242 e. The molecular formula is C9H10BrClN2O2S2. The summed E-state index contributed by atoms with van der Waals surface area (Å²) in [7, 11) is -3.58. The van der Waals surface area contributed by atoms with Crippen molar-refractivity contribution in [1.82, 2.24) is 9.71 Å². The molecule has 2 rings (SSSR count). The van der Waals surface area contributed by atoms with Gasteiger partial charge in [0.1, 0.15) is 10.0 Å². The highest BCUT2D eigenvalue weighted by molar-refractivity contribution is 9.10. The molecule has 1 aromatic heterocycles. The quantitative estimate of drug-likeness (QED) is 0.843. The third kappa shape index (κ3) is 3.35. The Balaban J connectivity index is 2.27. The van der Waals surface area contributed by atoms with E-state index in [1.807, 2.05) is 0 Å². The maximum atomic E-state index is 12.1. The standard InChI is InChI=1S/C9H10BrClN2O2S2/c10-6-3-8(9(11)12-4-6)17(14,15)13-7-1-2-16-5-7/h3-4,7,13H,1-2,5H2. The second-order valence-electron chi connectivity index (χ2n) is 3.62. The molecule has 1 saturated heterocycles. The SMILES string of the molecule is O=S(=O)(NC1CCSC1)c1cc(Br)cnc1Cl. The van der Waals surface area contributed by atoms with Crippen LogP contribution in [0.15, 0.2) is 21.6 Å². The van der Waals surface area contributed by atoms with Gasteiger partial charge in [-0.25, -0.2) is 18.1 Å². The number of rotatable bonds is 3. The van der Waals surface area contributed by atoms with Gasteiger partial charge < -0.3 is 0 Å². The van der Waals surface area contributed by atoms with E-state index in [4.69, 9.17) is 11.6 Å². The van der Waals surface area contributed by atoms with Gasteiger partial charge in [0.05, 0.1) is 0 Å². The zero-order chi connectivity index (χ0) is 12.5. The lowest BCUT2D eigenvalue weighted by molar-refractivity contribution is 0.562. The number of sulfonamides is 1. The minimum absolute atomic E-state index is 0.00801. The predicted molar refractivity (Wildman–Crippen MR) is 73.0 cm³/mol. The van der Waals surface area contributed by atoms with Crippen molar-refractivity contribution in [3.8, 4) is 0 Å². The number of nitrogens with one attached hydrogen (secondary N) is 1. The van der Waals surface area contributed by atoms with Gasteiger partial charge in [-0.1, -0.05) is 11.6 Å². The van der Waals surface area contributed by atoms with Gasteiger partial charge in [0.25, 0.3) is 0 Å². The van der Waals surface area contributed by atoms with Crippen LogP contribution in [0, 0.1) is 0 Å². The minimum atomic E-state index is -3.58. The third-order valence-electron chi connectivity index (χ3n) is 2.31. The van der Waals surface area contributed by atoms with Gasteiger partial charge in [0.2, 0.25) is 10.0 Å². The highest BCUT2D eigenvalue weighted by atomic mass is 79.9. The normalized spacial score (nSPS) is 20.7. The van der Waals surface area contributed by atoms with Gasteiger partial charge in [-0.2, -0.15) is 11.8 Å². The molecule has 2 heterocycles. The molecular weight excluding hydrogens is 348 g/mol. The maximum absolute atomic E-state index is 12.1. The number of hydrogen-bond donors (Lipinski definition) is 1. The monoisotopic (exact) mass is 356 g/mol. The van der Waals surface area contributed by atoms with Crippen LogP contribution in [-0.2, 0) is 10.0 Å². The summed E-state index contributed by atoms with van der Waals surface area (Å²) in [5, 5.41) is -0.00801. The fourth-order valence-corrected chi connectivity index (χ4v) is 4.98. The molecule has 17 heavy (non-hydrogen) atoms. The average molecular weight is 358 g/mol. The summed E-state index contributed by atoms with van der Waals surface area (Å²) in [6, 6.07) is 1.44. The van der Waals surface area contributed by atoms with E-state index in [-0.39, 0.29) is 16.1 Å². The molecule has 1 aliphatic heterocycles. The van der Waals surface area contributed by atoms with Gasteiger partial charge >= 0.3 is 0 Å². The highest BCUT2D eigenvalue weighted by Gasteiger charge is 2.25. The molecule has 0 bridgehead atoms. The van der Waals surface area contributed by atoms with E-state index in [1.54, 1.807) is 11.8 Å². The topological polar surface area (TPSA) is 59.1 Å². The predicted octanol–water partition coefficient (Wildman–Crippen LogP) is 2.28. The Hall–Kier alpha value is 0.180. The molecule has 1 fully saturated rings. The Labute approximate surface area is 118 Å². The Kier molecular flexibility index (Phi) is 4.35. The first-order chi connectivity index (χ1) is 7.99. The van der Waals surface area contributed by atoms with Crippen molar-refractivity contribution in [1.29, 1.82) is 0 Å². The molecule has 1 unspecified atom stereocenters. The van der Waals surface area contributed by atoms with Crippen molar-refractivity contribution in [3.05, 3.63) is 21.9 Å². The second kappa shape index (κ2) is 5.44. The summed E-state index contributed by atoms with van der Waals surface area (Å²) < 4.78 is 27.4. The lowest BCUT2D eigenvalue weighted by Crippen LogP contribution is -2.34. The van der Waals surface area contributed by atoms with E-state index >= 15 is 0 Å². The number of aromatic nitrogens is 1. The van der Waals surface area contributed by atoms with Crippen LogP contribution in [0.25, 0.3) is 0 Å². The number of hydrogen-bond acceptors (Lipinski definition) is 4. The van der Waals surface area contributed by atoms with E-state index < -0.39 is 10.0 Å². The van der Waals surface area contributed by atoms with Crippen molar-refractivity contribution >= 4 is 49.3 Å². The van der Waals surface area contributed by atoms with Gasteiger partial charge in [0.15, 0.2) is 0 Å². The second-order valence-corrected chi connectivity index (χ2v) is 7.73. The lowest BCUT2D eigenvalue weighted by Gasteiger charge is -2.12. The van der Waals surface area contributed by atoms with Crippen LogP contribution in [0.1, 0.15) is 6.42 Å². The van der Waals surface area contributed by atoms with E-state index in [2.05, 4.69) is 25.6 Å². The van der Waals surface area contributed by atoms with E-state index in [0.717, 1.165) is 17.9 Å². The summed E-state index contributed by atoms with van der Waals surface area (Å²) in [6.07, 6.45) is 2.32. The molecule has 0 saturated carbocycles. The van der Waals surface area contributed by atoms with E-state index in [1.165, 1.54) is 12.3 Å². The molecule has 8 heteroatoms. The third-order valence-corrected chi connectivity index (χ3v) is 5.86. The summed E-state index contributed by atoms with van der Waals surface area (Å²) >= 11 is 10.7. The van der Waals surface area contributed by atoms with Crippen LogP contribution >= 0.6 is 39.3 Å². The number of halogens is 2. The number of nitrogens with zero attached hydrogens (tertiary/aromatic N) is 1. The summed E-state index contributed by atoms with van der Waals surface area (Å²) in [6.45, 7) is 0. The molecule has 94 valence electrons. The van der Waals surface area contributed by atoms with Crippen molar-refractivity contribution in [3.63, 3.8) is 0 Å². The minimum Gasteiger partial charge on any atom is -0.242 e. The Bertz CT molecular complexity index is 518. The number of thioether (sulfide) groups is 1. The summed E-state index contributed by atoms with van der Waals surface area (Å²) in [5.41, 5.74) is 0.